The molecule has 2 aromatic carbocycles. The summed E-state index contributed by atoms with van der Waals surface area (Å²) in [5.41, 5.74) is -0.480. The van der Waals surface area contributed by atoms with Crippen molar-refractivity contribution in [1.29, 1.82) is 0 Å². The topological polar surface area (TPSA) is 92.2 Å². The normalized spacial score (nSPS) is 18.7. The number of benzene rings is 2. The van der Waals surface area contributed by atoms with E-state index in [0.717, 1.165) is 5.56 Å². The van der Waals surface area contributed by atoms with Crippen LogP contribution in [0.3, 0.4) is 0 Å². The van der Waals surface area contributed by atoms with E-state index in [4.69, 9.17) is 46.9 Å². The minimum absolute atomic E-state index is 0.00211. The van der Waals surface area contributed by atoms with Crippen molar-refractivity contribution in [3.05, 3.63) is 46.2 Å². The number of hydrogen-bond acceptors (Lipinski definition) is 9. The Morgan fingerprint density at radius 3 is 2.49 bits per heavy atom. The van der Waals surface area contributed by atoms with Crippen molar-refractivity contribution in [3.63, 3.8) is 0 Å². The summed E-state index contributed by atoms with van der Waals surface area (Å²) in [6.07, 6.45) is -0.538. The number of rotatable bonds is 7. The van der Waals surface area contributed by atoms with Crippen LogP contribution in [0.4, 0.5) is 9.18 Å². The van der Waals surface area contributed by atoms with E-state index < -0.39 is 29.3 Å². The van der Waals surface area contributed by atoms with Gasteiger partial charge >= 0.3 is 6.09 Å². The van der Waals surface area contributed by atoms with E-state index in [1.807, 2.05) is 6.07 Å². The Morgan fingerprint density at radius 2 is 1.83 bits per heavy atom. The van der Waals surface area contributed by atoms with Crippen LogP contribution in [0.1, 0.15) is 34.6 Å². The maximum atomic E-state index is 15.2. The molecule has 0 spiro atoms. The molecule has 41 heavy (non-hydrogen) atoms. The molecule has 2 fully saturated rings. The zero-order valence-electron chi connectivity index (χ0n) is 23.2. The second kappa shape index (κ2) is 11.5. The number of ether oxygens (including phenoxy) is 5. The van der Waals surface area contributed by atoms with E-state index in [1.54, 1.807) is 46.8 Å². The quantitative estimate of drug-likeness (QED) is 0.281. The summed E-state index contributed by atoms with van der Waals surface area (Å²) in [4.78, 5) is 14.3. The molecular weight excluding hydrogens is 596 g/mol. The third-order valence-electron chi connectivity index (χ3n) is 6.35. The Kier molecular flexibility index (Phi) is 8.37. The van der Waals surface area contributed by atoms with Crippen molar-refractivity contribution >= 4 is 40.6 Å². The SMILES string of the molecule is CC(C)(C)OC(=O)N1[C@@H](COc2cc(Cl)c(-c3nnc(-c4ccc(OC5COC5)c(Cl)c4)s3)cc2F)COC1(C)C. The average molecular weight is 627 g/mol. The van der Waals surface area contributed by atoms with Gasteiger partial charge in [0, 0.05) is 17.2 Å². The fourth-order valence-electron chi connectivity index (χ4n) is 4.32. The zero-order valence-corrected chi connectivity index (χ0v) is 25.5. The first-order valence-electron chi connectivity index (χ1n) is 13.0. The van der Waals surface area contributed by atoms with E-state index in [2.05, 4.69) is 10.2 Å². The summed E-state index contributed by atoms with van der Waals surface area (Å²) in [5.74, 6) is -0.125. The highest BCUT2D eigenvalue weighted by Crippen LogP contribution is 2.39. The summed E-state index contributed by atoms with van der Waals surface area (Å²) >= 11 is 14.2. The van der Waals surface area contributed by atoms with Crippen molar-refractivity contribution in [1.82, 2.24) is 15.1 Å². The zero-order chi connectivity index (χ0) is 29.5. The number of amides is 1. The largest absolute Gasteiger partial charge is 0.488 e. The van der Waals surface area contributed by atoms with Crippen LogP contribution in [0.2, 0.25) is 10.0 Å². The minimum atomic E-state index is -0.908. The van der Waals surface area contributed by atoms with Crippen molar-refractivity contribution in [2.24, 2.45) is 0 Å². The average Bonchev–Trinajstić information content (AvgIpc) is 3.45. The highest BCUT2D eigenvalue weighted by atomic mass is 35.5. The Hall–Kier alpha value is -2.70. The first kappa shape index (κ1) is 29.8. The Balaban J connectivity index is 1.28. The monoisotopic (exact) mass is 625 g/mol. The molecule has 220 valence electrons. The van der Waals surface area contributed by atoms with Gasteiger partial charge in [-0.1, -0.05) is 34.5 Å². The third kappa shape index (κ3) is 6.70. The molecule has 1 atom stereocenters. The number of halogens is 3. The van der Waals surface area contributed by atoms with Gasteiger partial charge in [0.25, 0.3) is 0 Å². The van der Waals surface area contributed by atoms with Crippen LogP contribution in [0, 0.1) is 5.82 Å². The number of aromatic nitrogens is 2. The number of carbonyl (C=O) groups excluding carboxylic acids is 1. The summed E-state index contributed by atoms with van der Waals surface area (Å²) in [7, 11) is 0. The lowest BCUT2D eigenvalue weighted by Crippen LogP contribution is -2.51. The smallest absolute Gasteiger partial charge is 0.413 e. The van der Waals surface area contributed by atoms with E-state index in [0.29, 0.717) is 39.6 Å². The molecule has 9 nitrogen and oxygen atoms in total. The predicted octanol–water partition coefficient (Wildman–Crippen LogP) is 6.85. The Bertz CT molecular complexity index is 1440. The highest BCUT2D eigenvalue weighted by molar-refractivity contribution is 7.18. The maximum absolute atomic E-state index is 15.2. The fourth-order valence-corrected chi connectivity index (χ4v) is 5.71. The van der Waals surface area contributed by atoms with Gasteiger partial charge in [0.1, 0.15) is 39.8 Å². The fraction of sp³-hybridized carbons (Fsp3) is 0.464. The maximum Gasteiger partial charge on any atom is 0.413 e. The molecule has 3 heterocycles. The summed E-state index contributed by atoms with van der Waals surface area (Å²) in [6.45, 7) is 10.1. The molecule has 2 saturated heterocycles. The third-order valence-corrected chi connectivity index (χ3v) is 7.97. The van der Waals surface area contributed by atoms with Gasteiger partial charge in [0.2, 0.25) is 0 Å². The van der Waals surface area contributed by atoms with Crippen LogP contribution in [0.25, 0.3) is 21.1 Å². The summed E-state index contributed by atoms with van der Waals surface area (Å²) in [6, 6.07) is 7.50. The molecule has 13 heteroatoms. The highest BCUT2D eigenvalue weighted by Gasteiger charge is 2.46. The molecule has 0 N–H and O–H groups in total. The van der Waals surface area contributed by atoms with E-state index >= 15 is 4.39 Å². The van der Waals surface area contributed by atoms with Crippen molar-refractivity contribution in [3.8, 4) is 32.6 Å². The van der Waals surface area contributed by atoms with Crippen LogP contribution in [-0.4, -0.2) is 71.1 Å². The Morgan fingerprint density at radius 1 is 1.10 bits per heavy atom. The van der Waals surface area contributed by atoms with Crippen molar-refractivity contribution in [2.75, 3.05) is 26.4 Å². The molecule has 1 aromatic heterocycles. The van der Waals surface area contributed by atoms with Gasteiger partial charge in [0.05, 0.1) is 35.9 Å². The molecule has 0 bridgehead atoms. The van der Waals surface area contributed by atoms with Crippen LogP contribution in [0.15, 0.2) is 30.3 Å². The van der Waals surface area contributed by atoms with Gasteiger partial charge in [-0.3, -0.25) is 4.90 Å². The van der Waals surface area contributed by atoms with E-state index in [1.165, 1.54) is 28.4 Å². The molecule has 3 aromatic rings. The lowest BCUT2D eigenvalue weighted by molar-refractivity contribution is -0.0796. The molecular formula is C28H30Cl2FN3O6S. The first-order valence-corrected chi connectivity index (χ1v) is 14.5. The molecule has 2 aliphatic rings. The molecule has 0 aliphatic carbocycles. The van der Waals surface area contributed by atoms with Gasteiger partial charge in [0.15, 0.2) is 11.6 Å². The summed E-state index contributed by atoms with van der Waals surface area (Å²) in [5, 5.41) is 10.1. The second-order valence-corrected chi connectivity index (χ2v) is 13.0. The van der Waals surface area contributed by atoms with E-state index in [9.17, 15) is 4.79 Å². The second-order valence-electron chi connectivity index (χ2n) is 11.2. The lowest BCUT2D eigenvalue weighted by Gasteiger charge is -2.35. The minimum Gasteiger partial charge on any atom is -0.488 e. The van der Waals surface area contributed by atoms with Gasteiger partial charge in [-0.15, -0.1) is 10.2 Å². The molecule has 1 amide bonds. The van der Waals surface area contributed by atoms with Gasteiger partial charge < -0.3 is 23.7 Å². The molecule has 0 radical (unpaired) electrons. The van der Waals surface area contributed by atoms with Crippen LogP contribution in [-0.2, 0) is 14.2 Å². The van der Waals surface area contributed by atoms with Crippen LogP contribution in [0.5, 0.6) is 11.5 Å². The van der Waals surface area contributed by atoms with Crippen LogP contribution >= 0.6 is 34.5 Å². The molecule has 0 saturated carbocycles. The predicted molar refractivity (Wildman–Crippen MR) is 153 cm³/mol. The van der Waals surface area contributed by atoms with Gasteiger partial charge in [-0.25, -0.2) is 9.18 Å². The Labute approximate surface area is 251 Å². The molecule has 0 unspecified atom stereocenters. The number of carbonyl (C=O) groups is 1. The lowest BCUT2D eigenvalue weighted by atomic mass is 10.2. The van der Waals surface area contributed by atoms with Crippen LogP contribution < -0.4 is 9.47 Å². The number of nitrogens with zero attached hydrogens (tertiary/aromatic N) is 3. The summed E-state index contributed by atoms with van der Waals surface area (Å²) < 4.78 is 43.2. The number of hydrogen-bond donors (Lipinski definition) is 0. The van der Waals surface area contributed by atoms with E-state index in [-0.39, 0.29) is 30.1 Å². The molecule has 5 rings (SSSR count). The molecule has 2 aliphatic heterocycles. The van der Waals surface area contributed by atoms with Gasteiger partial charge in [-0.2, -0.15) is 0 Å². The standard InChI is InChI=1S/C28H30Cl2FN3O6S/c1-27(2,3)40-26(35)34-16(12-38-28(34,4)5)11-37-23-10-19(29)18(9-21(23)31)25-33-32-24(41-25)15-6-7-22(20(30)8-15)39-17-13-36-14-17/h6-10,16-17H,11-14H2,1-5H3/t16-/m0/s1. The van der Waals surface area contributed by atoms with Crippen molar-refractivity contribution in [2.45, 2.75) is 58.1 Å². The first-order chi connectivity index (χ1) is 19.3. The van der Waals surface area contributed by atoms with Gasteiger partial charge in [-0.05, 0) is 58.9 Å². The van der Waals surface area contributed by atoms with Crippen molar-refractivity contribution < 1.29 is 32.9 Å².